The summed E-state index contributed by atoms with van der Waals surface area (Å²) < 4.78 is 1.24. The quantitative estimate of drug-likeness (QED) is 0.504. The topological polar surface area (TPSA) is 24.4 Å². The molecule has 0 amide bonds. The van der Waals surface area contributed by atoms with Crippen LogP contribution in [0, 0.1) is 3.57 Å². The number of aliphatic imine (C=N–C) groups is 1. The molecule has 0 aromatic heterocycles. The summed E-state index contributed by atoms with van der Waals surface area (Å²) in [5, 5.41) is 3.67. The highest BCUT2D eigenvalue weighted by atomic mass is 127. The third-order valence-electron chi connectivity index (χ3n) is 4.27. The Balaban J connectivity index is 1.80. The first-order valence-electron chi connectivity index (χ1n) is 8.03. The van der Waals surface area contributed by atoms with Crippen LogP contribution in [0.1, 0.15) is 23.6 Å². The highest BCUT2D eigenvalue weighted by Gasteiger charge is 2.20. The Labute approximate surface area is 155 Å². The summed E-state index contributed by atoms with van der Waals surface area (Å²) in [6.07, 6.45) is 0.860. The van der Waals surface area contributed by atoms with Crippen molar-refractivity contribution < 1.29 is 0 Å². The molecule has 0 spiro atoms. The molecule has 0 fully saturated rings. The molecule has 1 unspecified atom stereocenters. The average molecular weight is 424 g/mol. The third-order valence-corrected chi connectivity index (χ3v) is 4.99. The van der Waals surface area contributed by atoms with Crippen molar-refractivity contribution in [3.05, 3.63) is 93.6 Å². The Morgan fingerprint density at radius 2 is 1.54 bits per heavy atom. The van der Waals surface area contributed by atoms with Gasteiger partial charge in [0.25, 0.3) is 0 Å². The van der Waals surface area contributed by atoms with Gasteiger partial charge < -0.3 is 5.32 Å². The maximum atomic E-state index is 4.97. The van der Waals surface area contributed by atoms with Gasteiger partial charge in [0.05, 0.1) is 23.1 Å². The zero-order valence-corrected chi connectivity index (χ0v) is 15.3. The summed E-state index contributed by atoms with van der Waals surface area (Å²) in [5.74, 6) is 0. The number of rotatable bonds is 2. The number of benzene rings is 3. The molecule has 1 aliphatic rings. The SMILES string of the molecule is Ic1ccc(C2=Nc3ccccc3NC(c3ccccc3)C2)cc1. The van der Waals surface area contributed by atoms with E-state index in [2.05, 4.69) is 101 Å². The van der Waals surface area contributed by atoms with Crippen molar-refractivity contribution >= 4 is 39.7 Å². The van der Waals surface area contributed by atoms with Crippen LogP contribution < -0.4 is 5.32 Å². The minimum absolute atomic E-state index is 0.216. The molecule has 4 rings (SSSR count). The standard InChI is InChI=1S/C21H17IN2/c22-17-12-10-16(11-13-17)21-14-20(15-6-2-1-3-7-15)23-18-8-4-5-9-19(18)24-21/h1-13,20,23H,14H2. The summed E-state index contributed by atoms with van der Waals surface area (Å²) >= 11 is 2.34. The summed E-state index contributed by atoms with van der Waals surface area (Å²) in [7, 11) is 0. The van der Waals surface area contributed by atoms with Crippen LogP contribution in [0.2, 0.25) is 0 Å². The molecule has 0 saturated carbocycles. The first kappa shape index (κ1) is 15.4. The molecule has 3 aromatic rings. The lowest BCUT2D eigenvalue weighted by Crippen LogP contribution is -2.14. The lowest BCUT2D eigenvalue weighted by Gasteiger charge is -2.19. The number of nitrogens with zero attached hydrogens (tertiary/aromatic N) is 1. The minimum Gasteiger partial charge on any atom is -0.376 e. The number of para-hydroxylation sites is 2. The Hall–Kier alpha value is -2.14. The molecule has 1 heterocycles. The van der Waals surface area contributed by atoms with Crippen LogP contribution in [-0.4, -0.2) is 5.71 Å². The average Bonchev–Trinajstić information content (AvgIpc) is 2.83. The number of halogens is 1. The van der Waals surface area contributed by atoms with Gasteiger partial charge in [0.1, 0.15) is 0 Å². The van der Waals surface area contributed by atoms with Gasteiger partial charge in [-0.3, -0.25) is 4.99 Å². The predicted molar refractivity (Wildman–Crippen MR) is 109 cm³/mol. The van der Waals surface area contributed by atoms with Gasteiger partial charge in [0, 0.05) is 9.99 Å². The van der Waals surface area contributed by atoms with Crippen LogP contribution >= 0.6 is 22.6 Å². The highest BCUT2D eigenvalue weighted by Crippen LogP contribution is 2.35. The third kappa shape index (κ3) is 3.22. The smallest absolute Gasteiger partial charge is 0.0864 e. The van der Waals surface area contributed by atoms with Gasteiger partial charge in [-0.25, -0.2) is 0 Å². The van der Waals surface area contributed by atoms with Crippen molar-refractivity contribution in [1.82, 2.24) is 0 Å². The van der Waals surface area contributed by atoms with Crippen molar-refractivity contribution in [3.63, 3.8) is 0 Å². The van der Waals surface area contributed by atoms with Crippen LogP contribution in [0.15, 0.2) is 83.9 Å². The Morgan fingerprint density at radius 1 is 0.833 bits per heavy atom. The van der Waals surface area contributed by atoms with Gasteiger partial charge in [0.15, 0.2) is 0 Å². The van der Waals surface area contributed by atoms with E-state index in [1.165, 1.54) is 14.7 Å². The van der Waals surface area contributed by atoms with E-state index in [-0.39, 0.29) is 6.04 Å². The molecule has 1 aliphatic heterocycles. The number of nitrogens with one attached hydrogen (secondary N) is 1. The fourth-order valence-electron chi connectivity index (χ4n) is 3.03. The summed E-state index contributed by atoms with van der Waals surface area (Å²) in [4.78, 5) is 4.97. The molecule has 0 saturated heterocycles. The number of anilines is 1. The maximum Gasteiger partial charge on any atom is 0.0864 e. The second-order valence-electron chi connectivity index (χ2n) is 5.89. The Bertz CT molecular complexity index is 870. The molecule has 1 atom stereocenters. The van der Waals surface area contributed by atoms with E-state index in [4.69, 9.17) is 4.99 Å². The van der Waals surface area contributed by atoms with Crippen molar-refractivity contribution in [2.24, 2.45) is 4.99 Å². The van der Waals surface area contributed by atoms with E-state index in [0.29, 0.717) is 0 Å². The lowest BCUT2D eigenvalue weighted by molar-refractivity contribution is 0.828. The van der Waals surface area contributed by atoms with E-state index >= 15 is 0 Å². The number of hydrogen-bond donors (Lipinski definition) is 1. The summed E-state index contributed by atoms with van der Waals surface area (Å²) in [6.45, 7) is 0. The zero-order chi connectivity index (χ0) is 16.4. The van der Waals surface area contributed by atoms with Crippen molar-refractivity contribution in [2.45, 2.75) is 12.5 Å². The van der Waals surface area contributed by atoms with Crippen molar-refractivity contribution in [1.29, 1.82) is 0 Å². The molecule has 0 bridgehead atoms. The molecular weight excluding hydrogens is 407 g/mol. The van der Waals surface area contributed by atoms with Crippen molar-refractivity contribution in [2.75, 3.05) is 5.32 Å². The van der Waals surface area contributed by atoms with Gasteiger partial charge >= 0.3 is 0 Å². The summed E-state index contributed by atoms with van der Waals surface area (Å²) in [5.41, 5.74) is 5.69. The van der Waals surface area contributed by atoms with E-state index in [1.54, 1.807) is 0 Å². The monoisotopic (exact) mass is 424 g/mol. The van der Waals surface area contributed by atoms with Crippen molar-refractivity contribution in [3.8, 4) is 0 Å². The number of hydrogen-bond acceptors (Lipinski definition) is 2. The van der Waals surface area contributed by atoms with E-state index in [1.807, 2.05) is 6.07 Å². The lowest BCUT2D eigenvalue weighted by atomic mass is 9.97. The van der Waals surface area contributed by atoms with Gasteiger partial charge in [-0.15, -0.1) is 0 Å². The minimum atomic E-state index is 0.216. The zero-order valence-electron chi connectivity index (χ0n) is 13.1. The second-order valence-corrected chi connectivity index (χ2v) is 7.14. The Morgan fingerprint density at radius 3 is 2.33 bits per heavy atom. The van der Waals surface area contributed by atoms with Crippen LogP contribution in [-0.2, 0) is 0 Å². The second kappa shape index (κ2) is 6.77. The molecule has 3 heteroatoms. The molecular formula is C21H17IN2. The molecule has 2 nitrogen and oxygen atoms in total. The van der Waals surface area contributed by atoms with E-state index in [0.717, 1.165) is 23.5 Å². The van der Waals surface area contributed by atoms with Crippen LogP contribution in [0.25, 0.3) is 0 Å². The molecule has 0 aliphatic carbocycles. The largest absolute Gasteiger partial charge is 0.376 e. The summed E-state index contributed by atoms with van der Waals surface area (Å²) in [6, 6.07) is 27.7. The Kier molecular flexibility index (Phi) is 4.34. The molecule has 0 radical (unpaired) electrons. The molecule has 118 valence electrons. The normalized spacial score (nSPS) is 16.5. The van der Waals surface area contributed by atoms with E-state index < -0.39 is 0 Å². The first-order chi connectivity index (χ1) is 11.8. The van der Waals surface area contributed by atoms with Crippen LogP contribution in [0.5, 0.6) is 0 Å². The fourth-order valence-corrected chi connectivity index (χ4v) is 3.39. The fraction of sp³-hybridized carbons (Fsp3) is 0.0952. The van der Waals surface area contributed by atoms with Gasteiger partial charge in [-0.1, -0.05) is 54.6 Å². The molecule has 24 heavy (non-hydrogen) atoms. The van der Waals surface area contributed by atoms with Gasteiger partial charge in [-0.2, -0.15) is 0 Å². The predicted octanol–water partition coefficient (Wildman–Crippen LogP) is 5.97. The van der Waals surface area contributed by atoms with Crippen LogP contribution in [0.4, 0.5) is 11.4 Å². The van der Waals surface area contributed by atoms with Crippen LogP contribution in [0.3, 0.4) is 0 Å². The number of fused-ring (bicyclic) bond motifs is 1. The molecule has 3 aromatic carbocycles. The maximum absolute atomic E-state index is 4.97. The van der Waals surface area contributed by atoms with Gasteiger partial charge in [-0.05, 0) is 58.0 Å². The highest BCUT2D eigenvalue weighted by molar-refractivity contribution is 14.1. The van der Waals surface area contributed by atoms with E-state index in [9.17, 15) is 0 Å². The van der Waals surface area contributed by atoms with Gasteiger partial charge in [0.2, 0.25) is 0 Å². The first-order valence-corrected chi connectivity index (χ1v) is 9.11. The molecule has 1 N–H and O–H groups in total.